The van der Waals surface area contributed by atoms with Gasteiger partial charge in [-0.1, -0.05) is 38.5 Å². The van der Waals surface area contributed by atoms with E-state index in [9.17, 15) is 8.78 Å². The SMILES string of the molecule is FC(I)C(Br)C(F)(Br)CI. The van der Waals surface area contributed by atoms with Crippen LogP contribution in [0.15, 0.2) is 0 Å². The third kappa shape index (κ3) is 3.79. The lowest BCUT2D eigenvalue weighted by Crippen LogP contribution is -2.33. The molecule has 3 atom stereocenters. The van der Waals surface area contributed by atoms with E-state index in [4.69, 9.17) is 0 Å². The lowest BCUT2D eigenvalue weighted by Gasteiger charge is -2.21. The normalized spacial score (nSPS) is 23.4. The van der Waals surface area contributed by atoms with E-state index in [-0.39, 0.29) is 4.43 Å². The molecule has 0 nitrogen and oxygen atoms in total. The molecule has 0 aliphatic heterocycles. The maximum atomic E-state index is 13.1. The lowest BCUT2D eigenvalue weighted by atomic mass is 10.3. The summed E-state index contributed by atoms with van der Waals surface area (Å²) in [5.74, 6) is 0. The molecule has 0 aliphatic rings. The second-order valence-electron chi connectivity index (χ2n) is 1.63. The minimum absolute atomic E-state index is 0.212. The van der Waals surface area contributed by atoms with Gasteiger partial charge in [-0.15, -0.1) is 0 Å². The first-order chi connectivity index (χ1) is 4.41. The van der Waals surface area contributed by atoms with Crippen LogP contribution in [-0.2, 0) is 0 Å². The molecule has 0 aromatic carbocycles. The fraction of sp³-hybridized carbons (Fsp3) is 1.00. The van der Waals surface area contributed by atoms with Crippen molar-refractivity contribution in [3.63, 3.8) is 0 Å². The zero-order chi connectivity index (χ0) is 8.36. The first-order valence-electron chi connectivity index (χ1n) is 2.28. The van der Waals surface area contributed by atoms with Gasteiger partial charge in [0, 0.05) is 4.43 Å². The van der Waals surface area contributed by atoms with E-state index in [1.54, 1.807) is 0 Å². The maximum absolute atomic E-state index is 13.1. The van der Waals surface area contributed by atoms with Crippen molar-refractivity contribution in [2.45, 2.75) is 13.6 Å². The minimum Gasteiger partial charge on any atom is -0.235 e. The number of alkyl halides is 6. The van der Waals surface area contributed by atoms with E-state index in [1.807, 2.05) is 22.6 Å². The van der Waals surface area contributed by atoms with E-state index < -0.39 is 13.6 Å². The topological polar surface area (TPSA) is 0 Å². The molecule has 0 radical (unpaired) electrons. The van der Waals surface area contributed by atoms with Gasteiger partial charge in [0.1, 0.15) is 0 Å². The van der Waals surface area contributed by atoms with Gasteiger partial charge in [-0.25, -0.2) is 8.78 Å². The molecule has 0 saturated heterocycles. The zero-order valence-corrected chi connectivity index (χ0v) is 12.1. The molecule has 0 aliphatic carbocycles. The highest BCUT2D eigenvalue weighted by Gasteiger charge is 2.38. The molecular formula is C4H4Br2F2I2. The van der Waals surface area contributed by atoms with Gasteiger partial charge in [-0.05, 0) is 38.5 Å². The van der Waals surface area contributed by atoms with Crippen LogP contribution in [0.2, 0.25) is 0 Å². The summed E-state index contributed by atoms with van der Waals surface area (Å²) in [5.41, 5.74) is 0. The highest BCUT2D eigenvalue weighted by Crippen LogP contribution is 2.36. The summed E-state index contributed by atoms with van der Waals surface area (Å²) in [6, 6.07) is 0. The molecule has 62 valence electrons. The molecule has 0 aromatic heterocycles. The molecule has 3 unspecified atom stereocenters. The third-order valence-corrected chi connectivity index (χ3v) is 7.25. The molecule has 10 heavy (non-hydrogen) atoms. The Morgan fingerprint density at radius 1 is 1.60 bits per heavy atom. The first-order valence-corrected chi connectivity index (χ1v) is 6.76. The average Bonchev–Trinajstić information content (AvgIpc) is 1.86. The van der Waals surface area contributed by atoms with Gasteiger partial charge < -0.3 is 0 Å². The molecule has 0 aromatic rings. The minimum atomic E-state index is -1.64. The highest BCUT2D eigenvalue weighted by atomic mass is 127. The van der Waals surface area contributed by atoms with E-state index in [0.717, 1.165) is 0 Å². The van der Waals surface area contributed by atoms with Crippen molar-refractivity contribution in [1.29, 1.82) is 0 Å². The first kappa shape index (κ1) is 12.3. The van der Waals surface area contributed by atoms with Gasteiger partial charge in [-0.3, -0.25) is 0 Å². The Kier molecular flexibility index (Phi) is 6.27. The van der Waals surface area contributed by atoms with Gasteiger partial charge in [0.2, 0.25) is 0 Å². The molecule has 0 heterocycles. The van der Waals surface area contributed by atoms with Crippen molar-refractivity contribution in [2.75, 3.05) is 4.43 Å². The van der Waals surface area contributed by atoms with Crippen molar-refractivity contribution in [1.82, 2.24) is 0 Å². The molecule has 0 bridgehead atoms. The number of hydrogen-bond acceptors (Lipinski definition) is 0. The van der Waals surface area contributed by atoms with Crippen LogP contribution in [0.3, 0.4) is 0 Å². The number of halogens is 6. The summed E-state index contributed by atoms with van der Waals surface area (Å²) in [5, 5.41) is 0. The van der Waals surface area contributed by atoms with E-state index in [1.165, 1.54) is 22.6 Å². The van der Waals surface area contributed by atoms with Crippen molar-refractivity contribution in [2.24, 2.45) is 0 Å². The molecule has 0 N–H and O–H groups in total. The molecular weight excluding hydrogens is 500 g/mol. The van der Waals surface area contributed by atoms with Crippen molar-refractivity contribution >= 4 is 77.0 Å². The van der Waals surface area contributed by atoms with Gasteiger partial charge >= 0.3 is 0 Å². The van der Waals surface area contributed by atoms with Gasteiger partial charge in [0.05, 0.1) is 4.83 Å². The van der Waals surface area contributed by atoms with Crippen LogP contribution >= 0.6 is 77.0 Å². The van der Waals surface area contributed by atoms with Crippen LogP contribution in [0, 0.1) is 0 Å². The van der Waals surface area contributed by atoms with Crippen LogP contribution in [0.25, 0.3) is 0 Å². The second-order valence-corrected chi connectivity index (χ2v) is 5.89. The summed E-state index contributed by atoms with van der Waals surface area (Å²) >= 11 is 9.08. The fourth-order valence-electron chi connectivity index (χ4n) is 0.258. The van der Waals surface area contributed by atoms with Crippen LogP contribution in [0.4, 0.5) is 8.78 Å². The smallest absolute Gasteiger partial charge is 0.189 e. The number of rotatable bonds is 3. The summed E-state index contributed by atoms with van der Waals surface area (Å²) in [6.07, 6.45) is 0. The van der Waals surface area contributed by atoms with Crippen molar-refractivity contribution < 1.29 is 8.78 Å². The molecule has 6 heteroatoms. The Bertz CT molecular complexity index is 109. The van der Waals surface area contributed by atoms with E-state index in [0.29, 0.717) is 0 Å². The average molecular weight is 504 g/mol. The molecule has 0 amide bonds. The fourth-order valence-corrected chi connectivity index (χ4v) is 2.80. The third-order valence-electron chi connectivity index (χ3n) is 0.803. The predicted octanol–water partition coefficient (Wildman–Crippen LogP) is 3.98. The summed E-state index contributed by atoms with van der Waals surface area (Å²) in [4.78, 5) is -0.794. The standard InChI is InChI=1S/C4H4Br2F2I2/c5-2(3(7)10)4(6,8)1-9/h2-3H,1H2. The maximum Gasteiger partial charge on any atom is 0.189 e. The quantitative estimate of drug-likeness (QED) is 0.404. The Hall–Kier alpha value is 2.28. The van der Waals surface area contributed by atoms with Crippen LogP contribution < -0.4 is 0 Å². The second kappa shape index (κ2) is 5.11. The van der Waals surface area contributed by atoms with Gasteiger partial charge in [0.25, 0.3) is 0 Å². The van der Waals surface area contributed by atoms with Gasteiger partial charge in [0.15, 0.2) is 8.76 Å². The Morgan fingerprint density at radius 3 is 2.10 bits per heavy atom. The Labute approximate surface area is 102 Å². The monoisotopic (exact) mass is 502 g/mol. The summed E-state index contributed by atoms with van der Waals surface area (Å²) in [6.45, 7) is 0. The van der Waals surface area contributed by atoms with Gasteiger partial charge in [-0.2, -0.15) is 0 Å². The summed E-state index contributed by atoms with van der Waals surface area (Å²) in [7, 11) is 0. The molecule has 0 fully saturated rings. The Balaban J connectivity index is 4.03. The largest absolute Gasteiger partial charge is 0.235 e. The van der Waals surface area contributed by atoms with Crippen LogP contribution in [0.5, 0.6) is 0 Å². The number of hydrogen-bond donors (Lipinski definition) is 0. The van der Waals surface area contributed by atoms with E-state index >= 15 is 0 Å². The summed E-state index contributed by atoms with van der Waals surface area (Å²) < 4.78 is 22.9. The van der Waals surface area contributed by atoms with Crippen LogP contribution in [-0.4, -0.2) is 18.0 Å². The predicted molar refractivity (Wildman–Crippen MR) is 63.3 cm³/mol. The van der Waals surface area contributed by atoms with Crippen LogP contribution in [0.1, 0.15) is 0 Å². The molecule has 0 spiro atoms. The molecule has 0 saturated carbocycles. The Morgan fingerprint density at radius 2 is 2.00 bits per heavy atom. The van der Waals surface area contributed by atoms with E-state index in [2.05, 4.69) is 31.9 Å². The van der Waals surface area contributed by atoms with Crippen molar-refractivity contribution in [3.05, 3.63) is 0 Å². The highest BCUT2D eigenvalue weighted by molar-refractivity contribution is 14.1. The zero-order valence-electron chi connectivity index (χ0n) is 4.63. The van der Waals surface area contributed by atoms with Crippen molar-refractivity contribution in [3.8, 4) is 0 Å². The molecule has 0 rings (SSSR count). The lowest BCUT2D eigenvalue weighted by molar-refractivity contribution is 0.290.